The van der Waals surface area contributed by atoms with Crippen molar-refractivity contribution >= 4 is 34.7 Å². The summed E-state index contributed by atoms with van der Waals surface area (Å²) in [5.41, 5.74) is 4.38. The molecule has 1 aliphatic heterocycles. The molecule has 1 unspecified atom stereocenters. The van der Waals surface area contributed by atoms with Crippen LogP contribution in [-0.4, -0.2) is 23.1 Å². The topological polar surface area (TPSA) is 84.7 Å². The second-order valence-electron chi connectivity index (χ2n) is 6.85. The molecule has 1 aliphatic rings. The van der Waals surface area contributed by atoms with Crippen LogP contribution in [-0.2, 0) is 9.53 Å². The first-order chi connectivity index (χ1) is 13.7. The van der Waals surface area contributed by atoms with E-state index in [1.165, 1.54) is 19.2 Å². The minimum Gasteiger partial charge on any atom is -0.466 e. The van der Waals surface area contributed by atoms with Gasteiger partial charge in [0.25, 0.3) is 5.69 Å². The average Bonchev–Trinajstić information content (AvgIpc) is 2.69. The number of nitrogens with one attached hydrogen (secondary N) is 1. The van der Waals surface area contributed by atoms with Crippen LogP contribution in [0.2, 0.25) is 0 Å². The van der Waals surface area contributed by atoms with E-state index in [2.05, 4.69) is 5.32 Å². The van der Waals surface area contributed by atoms with Crippen LogP contribution in [0.5, 0.6) is 0 Å². The maximum Gasteiger partial charge on any atom is 0.337 e. The number of hydrogen-bond donors (Lipinski definition) is 1. The standard InChI is InChI=1S/C21H21N3O4S/c1-12-8-9-13(2)17(10-12)23-14(3)18(20(25)28-4)19(22-21(23)29)15-6-5-7-16(11-15)24(26)27/h5-11,19H,1-4H3,(H,22,29). The molecule has 150 valence electrons. The molecular formula is C21H21N3O4S. The summed E-state index contributed by atoms with van der Waals surface area (Å²) >= 11 is 5.62. The van der Waals surface area contributed by atoms with Gasteiger partial charge in [-0.1, -0.05) is 24.3 Å². The van der Waals surface area contributed by atoms with Crippen LogP contribution in [0.4, 0.5) is 11.4 Å². The number of methoxy groups -OCH3 is 1. The van der Waals surface area contributed by atoms with Crippen molar-refractivity contribution < 1.29 is 14.5 Å². The van der Waals surface area contributed by atoms with Crippen LogP contribution in [0.3, 0.4) is 0 Å². The number of benzene rings is 2. The zero-order chi connectivity index (χ0) is 21.3. The van der Waals surface area contributed by atoms with Crippen molar-refractivity contribution in [3.8, 4) is 0 Å². The molecule has 0 saturated heterocycles. The van der Waals surface area contributed by atoms with E-state index in [0.29, 0.717) is 21.9 Å². The summed E-state index contributed by atoms with van der Waals surface area (Å²) in [6.45, 7) is 5.75. The molecule has 0 bridgehead atoms. The third-order valence-electron chi connectivity index (χ3n) is 4.91. The highest BCUT2D eigenvalue weighted by Crippen LogP contribution is 2.36. The van der Waals surface area contributed by atoms with Crippen molar-refractivity contribution in [3.05, 3.63) is 80.5 Å². The Hall–Kier alpha value is -3.26. The maximum atomic E-state index is 12.7. The zero-order valence-corrected chi connectivity index (χ0v) is 17.4. The number of hydrogen-bond acceptors (Lipinski definition) is 5. The molecule has 1 N–H and O–H groups in total. The summed E-state index contributed by atoms with van der Waals surface area (Å²) in [6, 6.07) is 11.5. The van der Waals surface area contributed by atoms with E-state index in [0.717, 1.165) is 16.8 Å². The smallest absolute Gasteiger partial charge is 0.337 e. The van der Waals surface area contributed by atoms with E-state index in [-0.39, 0.29) is 5.69 Å². The normalized spacial score (nSPS) is 16.5. The highest BCUT2D eigenvalue weighted by Gasteiger charge is 2.36. The van der Waals surface area contributed by atoms with E-state index in [9.17, 15) is 14.9 Å². The lowest BCUT2D eigenvalue weighted by Crippen LogP contribution is -2.48. The third kappa shape index (κ3) is 3.84. The van der Waals surface area contributed by atoms with Crippen LogP contribution < -0.4 is 10.2 Å². The third-order valence-corrected chi connectivity index (χ3v) is 5.21. The molecule has 3 rings (SSSR count). The van der Waals surface area contributed by atoms with Crippen LogP contribution in [0, 0.1) is 24.0 Å². The molecule has 2 aromatic rings. The minimum absolute atomic E-state index is 0.0611. The van der Waals surface area contributed by atoms with E-state index in [4.69, 9.17) is 17.0 Å². The van der Waals surface area contributed by atoms with Gasteiger partial charge in [-0.05, 0) is 55.7 Å². The number of nitrogens with zero attached hydrogens (tertiary/aromatic N) is 2. The van der Waals surface area contributed by atoms with Crippen LogP contribution >= 0.6 is 12.2 Å². The Labute approximate surface area is 174 Å². The number of ether oxygens (including phenoxy) is 1. The maximum absolute atomic E-state index is 12.7. The predicted octanol–water partition coefficient (Wildman–Crippen LogP) is 4.09. The second-order valence-corrected chi connectivity index (χ2v) is 7.24. The van der Waals surface area contributed by atoms with Gasteiger partial charge in [0.1, 0.15) is 0 Å². The molecule has 0 aromatic heterocycles. The number of rotatable bonds is 4. The summed E-state index contributed by atoms with van der Waals surface area (Å²) in [4.78, 5) is 25.2. The summed E-state index contributed by atoms with van der Waals surface area (Å²) in [6.07, 6.45) is 0. The SMILES string of the molecule is COC(=O)C1=C(C)N(c2cc(C)ccc2C)C(=S)NC1c1cccc([N+](=O)[O-])c1. The van der Waals surface area contributed by atoms with E-state index >= 15 is 0 Å². The van der Waals surface area contributed by atoms with Gasteiger partial charge in [-0.25, -0.2) is 4.79 Å². The quantitative estimate of drug-likeness (QED) is 0.351. The largest absolute Gasteiger partial charge is 0.466 e. The van der Waals surface area contributed by atoms with Crippen molar-refractivity contribution in [3.63, 3.8) is 0 Å². The minimum atomic E-state index is -0.656. The highest BCUT2D eigenvalue weighted by molar-refractivity contribution is 7.80. The predicted molar refractivity (Wildman–Crippen MR) is 115 cm³/mol. The van der Waals surface area contributed by atoms with E-state index in [1.54, 1.807) is 24.0 Å². The van der Waals surface area contributed by atoms with E-state index < -0.39 is 16.9 Å². The monoisotopic (exact) mass is 411 g/mol. The molecule has 2 aromatic carbocycles. The van der Waals surface area contributed by atoms with Gasteiger partial charge < -0.3 is 10.1 Å². The van der Waals surface area contributed by atoms with Crippen molar-refractivity contribution in [2.24, 2.45) is 0 Å². The zero-order valence-electron chi connectivity index (χ0n) is 16.6. The molecular weight excluding hydrogens is 390 g/mol. The van der Waals surface area contributed by atoms with Crippen LogP contribution in [0.25, 0.3) is 0 Å². The molecule has 1 heterocycles. The number of nitro benzene ring substituents is 1. The number of non-ortho nitro benzene ring substituents is 1. The van der Waals surface area contributed by atoms with Gasteiger partial charge in [0, 0.05) is 17.8 Å². The number of nitro groups is 1. The molecule has 0 radical (unpaired) electrons. The number of carbonyl (C=O) groups excluding carboxylic acids is 1. The molecule has 0 spiro atoms. The summed E-state index contributed by atoms with van der Waals surface area (Å²) in [5, 5.41) is 14.8. The first kappa shape index (κ1) is 20.5. The highest BCUT2D eigenvalue weighted by atomic mass is 32.1. The Morgan fingerprint density at radius 2 is 1.93 bits per heavy atom. The fourth-order valence-corrected chi connectivity index (χ4v) is 3.79. The molecule has 0 amide bonds. The Morgan fingerprint density at radius 1 is 1.21 bits per heavy atom. The van der Waals surface area contributed by atoms with Gasteiger partial charge in [-0.2, -0.15) is 0 Å². The van der Waals surface area contributed by atoms with Gasteiger partial charge in [0.15, 0.2) is 5.11 Å². The lowest BCUT2D eigenvalue weighted by molar-refractivity contribution is -0.384. The van der Waals surface area contributed by atoms with Crippen LogP contribution in [0.15, 0.2) is 53.7 Å². The average molecular weight is 411 g/mol. The fourth-order valence-electron chi connectivity index (χ4n) is 3.44. The lowest BCUT2D eigenvalue weighted by atomic mass is 9.94. The van der Waals surface area contributed by atoms with Crippen molar-refractivity contribution in [2.75, 3.05) is 12.0 Å². The number of thiocarbonyl (C=S) groups is 1. The molecule has 29 heavy (non-hydrogen) atoms. The molecule has 8 heteroatoms. The molecule has 7 nitrogen and oxygen atoms in total. The molecule has 1 atom stereocenters. The molecule has 0 saturated carbocycles. The van der Waals surface area contributed by atoms with E-state index in [1.807, 2.05) is 32.0 Å². The van der Waals surface area contributed by atoms with Crippen molar-refractivity contribution in [1.82, 2.24) is 5.32 Å². The first-order valence-electron chi connectivity index (χ1n) is 8.96. The number of carbonyl (C=O) groups is 1. The lowest BCUT2D eigenvalue weighted by Gasteiger charge is -2.38. The number of anilines is 1. The Balaban J connectivity index is 2.19. The first-order valence-corrected chi connectivity index (χ1v) is 9.36. The van der Waals surface area contributed by atoms with Gasteiger partial charge in [-0.15, -0.1) is 0 Å². The summed E-state index contributed by atoms with van der Waals surface area (Å²) in [5.74, 6) is -0.524. The van der Waals surface area contributed by atoms with Gasteiger partial charge in [0.05, 0.1) is 29.3 Å². The van der Waals surface area contributed by atoms with Gasteiger partial charge >= 0.3 is 5.97 Å². The fraction of sp³-hybridized carbons (Fsp3) is 0.238. The summed E-state index contributed by atoms with van der Waals surface area (Å²) in [7, 11) is 1.31. The van der Waals surface area contributed by atoms with Crippen molar-refractivity contribution in [2.45, 2.75) is 26.8 Å². The number of esters is 1. The van der Waals surface area contributed by atoms with Crippen molar-refractivity contribution in [1.29, 1.82) is 0 Å². The Morgan fingerprint density at radius 3 is 2.59 bits per heavy atom. The Bertz CT molecular complexity index is 1050. The van der Waals surface area contributed by atoms with Gasteiger partial charge in [-0.3, -0.25) is 15.0 Å². The van der Waals surface area contributed by atoms with Crippen LogP contribution in [0.1, 0.15) is 29.7 Å². The summed E-state index contributed by atoms with van der Waals surface area (Å²) < 4.78 is 5.02. The molecule has 0 aliphatic carbocycles. The Kier molecular flexibility index (Phi) is 5.65. The number of aryl methyl sites for hydroxylation is 2. The number of allylic oxidation sites excluding steroid dienone is 1. The van der Waals surface area contributed by atoms with Gasteiger partial charge in [0.2, 0.25) is 0 Å². The second kappa shape index (κ2) is 8.00. The molecule has 0 fully saturated rings.